The molecule has 1 N–H and O–H groups in total. The Bertz CT molecular complexity index is 1280. The van der Waals surface area contributed by atoms with E-state index in [1.54, 1.807) is 11.7 Å². The number of hydrogen-bond acceptors (Lipinski definition) is 7. The van der Waals surface area contributed by atoms with Crippen LogP contribution in [0.3, 0.4) is 0 Å². The van der Waals surface area contributed by atoms with E-state index >= 15 is 0 Å². The molecule has 3 heterocycles. The first kappa shape index (κ1) is 23.0. The number of aromatic nitrogens is 5. The van der Waals surface area contributed by atoms with Gasteiger partial charge in [-0.15, -0.1) is 0 Å². The van der Waals surface area contributed by atoms with Crippen molar-refractivity contribution in [3.05, 3.63) is 65.6 Å². The largest absolute Gasteiger partial charge is 0.471 e. The Labute approximate surface area is 191 Å². The lowest BCUT2D eigenvalue weighted by Crippen LogP contribution is -2.18. The van der Waals surface area contributed by atoms with Crippen LogP contribution in [0, 0.1) is 0 Å². The number of carbonyl (C=O) groups excluding carboxylic acids is 1. The highest BCUT2D eigenvalue weighted by molar-refractivity contribution is 5.72. The summed E-state index contributed by atoms with van der Waals surface area (Å²) in [6, 6.07) is 9.38. The molecule has 3 aromatic heterocycles. The van der Waals surface area contributed by atoms with Gasteiger partial charge in [-0.1, -0.05) is 29.4 Å². The van der Waals surface area contributed by atoms with Crippen LogP contribution in [-0.4, -0.2) is 30.8 Å². The van der Waals surface area contributed by atoms with Gasteiger partial charge in [0.15, 0.2) is 0 Å². The Hall–Kier alpha value is -4.22. The first-order chi connectivity index (χ1) is 16.2. The summed E-state index contributed by atoms with van der Waals surface area (Å²) in [5.41, 5.74) is 1.88. The van der Waals surface area contributed by atoms with Gasteiger partial charge < -0.3 is 14.6 Å². The molecule has 0 radical (unpaired) electrons. The maximum absolute atomic E-state index is 12.7. The van der Waals surface area contributed by atoms with Crippen molar-refractivity contribution >= 4 is 5.91 Å². The first-order valence-electron chi connectivity index (χ1n) is 10.1. The molecule has 0 saturated heterocycles. The van der Waals surface area contributed by atoms with Crippen LogP contribution in [0.2, 0.25) is 0 Å². The van der Waals surface area contributed by atoms with E-state index in [-0.39, 0.29) is 24.3 Å². The second-order valence-electron chi connectivity index (χ2n) is 7.33. The van der Waals surface area contributed by atoms with Crippen LogP contribution in [0.25, 0.3) is 22.8 Å². The molecular formula is C22H19F3N6O3. The molecule has 0 spiro atoms. The van der Waals surface area contributed by atoms with E-state index in [0.29, 0.717) is 29.8 Å². The molecule has 0 bridgehead atoms. The van der Waals surface area contributed by atoms with E-state index in [0.717, 1.165) is 23.3 Å². The van der Waals surface area contributed by atoms with E-state index in [4.69, 9.17) is 9.26 Å². The topological polar surface area (TPSA) is 108 Å². The maximum Gasteiger partial charge on any atom is 0.417 e. The summed E-state index contributed by atoms with van der Waals surface area (Å²) in [7, 11) is 1.69. The number of aryl methyl sites for hydroxylation is 1. The van der Waals surface area contributed by atoms with Crippen molar-refractivity contribution in [3.63, 3.8) is 0 Å². The highest BCUT2D eigenvalue weighted by Gasteiger charge is 2.30. The fourth-order valence-corrected chi connectivity index (χ4v) is 3.04. The van der Waals surface area contributed by atoms with Gasteiger partial charge in [0.25, 0.3) is 5.89 Å². The van der Waals surface area contributed by atoms with E-state index in [1.165, 1.54) is 13.1 Å². The molecule has 0 aliphatic heterocycles. The lowest BCUT2D eigenvalue weighted by Gasteiger charge is -2.09. The van der Waals surface area contributed by atoms with Crippen molar-refractivity contribution in [3.8, 4) is 28.7 Å². The van der Waals surface area contributed by atoms with Gasteiger partial charge in [-0.25, -0.2) is 4.98 Å². The number of ether oxygens (including phenoxy) is 1. The zero-order valence-electron chi connectivity index (χ0n) is 18.1. The zero-order chi connectivity index (χ0) is 24.3. The zero-order valence-corrected chi connectivity index (χ0v) is 18.1. The Balaban J connectivity index is 1.47. The van der Waals surface area contributed by atoms with E-state index in [9.17, 15) is 18.0 Å². The number of pyridine rings is 1. The molecule has 0 aliphatic carbocycles. The lowest BCUT2D eigenvalue weighted by atomic mass is 10.1. The molecular weight excluding hydrogens is 453 g/mol. The SMILES string of the molecule is CC(=O)NCc1ccc(-c2noc(-c3cnn(C)c3COc3ccc(C(F)(F)F)cn3)n2)cc1. The predicted octanol–water partition coefficient (Wildman–Crippen LogP) is 3.77. The quantitative estimate of drug-likeness (QED) is 0.436. The monoisotopic (exact) mass is 472 g/mol. The molecule has 4 rings (SSSR count). The summed E-state index contributed by atoms with van der Waals surface area (Å²) in [5.74, 6) is 0.494. The predicted molar refractivity (Wildman–Crippen MR) is 113 cm³/mol. The summed E-state index contributed by atoms with van der Waals surface area (Å²) in [4.78, 5) is 19.2. The second kappa shape index (κ2) is 9.33. The smallest absolute Gasteiger partial charge is 0.417 e. The third-order valence-electron chi connectivity index (χ3n) is 4.89. The molecule has 0 saturated carbocycles. The average molecular weight is 472 g/mol. The van der Waals surface area contributed by atoms with E-state index < -0.39 is 11.7 Å². The first-order valence-corrected chi connectivity index (χ1v) is 10.1. The fourth-order valence-electron chi connectivity index (χ4n) is 3.04. The summed E-state index contributed by atoms with van der Waals surface area (Å²) in [5, 5.41) is 10.9. The molecule has 0 unspecified atom stereocenters. The minimum absolute atomic E-state index is 0.0280. The summed E-state index contributed by atoms with van der Waals surface area (Å²) >= 11 is 0. The van der Waals surface area contributed by atoms with Gasteiger partial charge in [0.05, 0.1) is 23.0 Å². The molecule has 12 heteroatoms. The van der Waals surface area contributed by atoms with Gasteiger partial charge in [0, 0.05) is 38.3 Å². The lowest BCUT2D eigenvalue weighted by molar-refractivity contribution is -0.137. The number of halogens is 3. The summed E-state index contributed by atoms with van der Waals surface area (Å²) < 4.78 is 50.6. The fraction of sp³-hybridized carbons (Fsp3) is 0.227. The highest BCUT2D eigenvalue weighted by Crippen LogP contribution is 2.30. The molecule has 1 amide bonds. The number of alkyl halides is 3. The minimum Gasteiger partial charge on any atom is -0.471 e. The summed E-state index contributed by atoms with van der Waals surface area (Å²) in [6.45, 7) is 1.84. The molecule has 4 aromatic rings. The van der Waals surface area contributed by atoms with E-state index in [2.05, 4.69) is 25.5 Å². The van der Waals surface area contributed by atoms with Crippen LogP contribution in [0.5, 0.6) is 5.88 Å². The van der Waals surface area contributed by atoms with Gasteiger partial charge >= 0.3 is 6.18 Å². The Morgan fingerprint density at radius 3 is 2.56 bits per heavy atom. The Morgan fingerprint density at radius 1 is 1.15 bits per heavy atom. The van der Waals surface area contributed by atoms with Crippen LogP contribution in [0.15, 0.2) is 53.3 Å². The highest BCUT2D eigenvalue weighted by atomic mass is 19.4. The van der Waals surface area contributed by atoms with E-state index in [1.807, 2.05) is 24.3 Å². The number of carbonyl (C=O) groups is 1. The van der Waals surface area contributed by atoms with Crippen LogP contribution in [0.1, 0.15) is 23.7 Å². The molecule has 1 aromatic carbocycles. The van der Waals surface area contributed by atoms with Gasteiger partial charge in [0.2, 0.25) is 17.6 Å². The molecule has 0 aliphatic rings. The van der Waals surface area contributed by atoms with Crippen LogP contribution in [0.4, 0.5) is 13.2 Å². The number of nitrogens with zero attached hydrogens (tertiary/aromatic N) is 5. The Kier molecular flexibility index (Phi) is 6.30. The second-order valence-corrected chi connectivity index (χ2v) is 7.33. The van der Waals surface area contributed by atoms with Crippen molar-refractivity contribution in [2.75, 3.05) is 0 Å². The van der Waals surface area contributed by atoms with Crippen molar-refractivity contribution in [1.29, 1.82) is 0 Å². The molecule has 176 valence electrons. The number of amides is 1. The minimum atomic E-state index is -4.47. The third-order valence-corrected chi connectivity index (χ3v) is 4.89. The third kappa shape index (κ3) is 5.22. The number of rotatable bonds is 7. The number of hydrogen-bond donors (Lipinski definition) is 1. The van der Waals surface area contributed by atoms with Gasteiger partial charge in [-0.05, 0) is 11.6 Å². The van der Waals surface area contributed by atoms with Gasteiger partial charge in [-0.3, -0.25) is 9.48 Å². The normalized spacial score (nSPS) is 11.4. The standard InChI is InChI=1S/C22H19F3N6O3/c1-13(32)26-9-14-3-5-15(6-4-14)20-29-21(34-30-20)17-11-28-31(2)18(17)12-33-19-8-7-16(10-27-19)22(23,24)25/h3-8,10-11H,9,12H2,1-2H3,(H,26,32). The maximum atomic E-state index is 12.7. The van der Waals surface area contributed by atoms with Crippen molar-refractivity contribution in [2.45, 2.75) is 26.3 Å². The molecule has 0 atom stereocenters. The average Bonchev–Trinajstić information content (AvgIpc) is 3.43. The van der Waals surface area contributed by atoms with Crippen molar-refractivity contribution < 1.29 is 27.2 Å². The Morgan fingerprint density at radius 2 is 1.91 bits per heavy atom. The van der Waals surface area contributed by atoms with Crippen LogP contribution >= 0.6 is 0 Å². The van der Waals surface area contributed by atoms with Crippen LogP contribution < -0.4 is 10.1 Å². The van der Waals surface area contributed by atoms with Crippen LogP contribution in [-0.2, 0) is 31.2 Å². The van der Waals surface area contributed by atoms with Gasteiger partial charge in [-0.2, -0.15) is 23.3 Å². The summed E-state index contributed by atoms with van der Waals surface area (Å²) in [6.07, 6.45) is -2.22. The molecule has 9 nitrogen and oxygen atoms in total. The van der Waals surface area contributed by atoms with Crippen molar-refractivity contribution in [1.82, 2.24) is 30.2 Å². The van der Waals surface area contributed by atoms with Crippen molar-refractivity contribution in [2.24, 2.45) is 7.05 Å². The van der Waals surface area contributed by atoms with Gasteiger partial charge in [0.1, 0.15) is 6.61 Å². The number of nitrogens with one attached hydrogen (secondary N) is 1. The number of benzene rings is 1. The molecule has 0 fully saturated rings. The molecule has 34 heavy (non-hydrogen) atoms.